The first kappa shape index (κ1) is 14.7. The molecule has 108 valence electrons. The van der Waals surface area contributed by atoms with Gasteiger partial charge in [-0.15, -0.1) is 5.10 Å². The Balaban J connectivity index is 2.08. The first-order valence-corrected chi connectivity index (χ1v) is 7.15. The van der Waals surface area contributed by atoms with E-state index in [1.807, 2.05) is 10.9 Å². The van der Waals surface area contributed by atoms with E-state index in [0.29, 0.717) is 0 Å². The quantitative estimate of drug-likeness (QED) is 0.930. The molecule has 20 heavy (non-hydrogen) atoms. The van der Waals surface area contributed by atoms with Gasteiger partial charge in [-0.25, -0.2) is 4.68 Å². The highest BCUT2D eigenvalue weighted by molar-refractivity contribution is 5.27. The molecular weight excluding hydrogens is 248 g/mol. The van der Waals surface area contributed by atoms with Gasteiger partial charge < -0.3 is 5.73 Å². The molecule has 1 atom stereocenters. The van der Waals surface area contributed by atoms with Crippen LogP contribution in [-0.4, -0.2) is 15.0 Å². The Morgan fingerprint density at radius 3 is 2.40 bits per heavy atom. The highest BCUT2D eigenvalue weighted by Crippen LogP contribution is 2.22. The second-order valence-corrected chi connectivity index (χ2v) is 6.30. The zero-order valence-corrected chi connectivity index (χ0v) is 12.8. The van der Waals surface area contributed by atoms with Crippen molar-refractivity contribution < 1.29 is 0 Å². The van der Waals surface area contributed by atoms with E-state index in [0.717, 1.165) is 18.7 Å². The molecule has 1 aromatic heterocycles. The lowest BCUT2D eigenvalue weighted by atomic mass is 9.87. The van der Waals surface area contributed by atoms with Gasteiger partial charge in [0.25, 0.3) is 0 Å². The highest BCUT2D eigenvalue weighted by atomic mass is 15.4. The average molecular weight is 272 g/mol. The Kier molecular flexibility index (Phi) is 4.23. The standard InChI is InChI=1S/C16H24N4/c1-5-14(17)15-11-20(19-18-15)10-12-6-8-13(9-7-12)16(2,3)4/h6-9,11,14H,5,10,17H2,1-4H3. The Morgan fingerprint density at radius 2 is 1.85 bits per heavy atom. The van der Waals surface area contributed by atoms with Crippen LogP contribution in [0.4, 0.5) is 0 Å². The summed E-state index contributed by atoms with van der Waals surface area (Å²) in [6.07, 6.45) is 2.81. The summed E-state index contributed by atoms with van der Waals surface area (Å²) in [5, 5.41) is 8.27. The van der Waals surface area contributed by atoms with Crippen LogP contribution in [0.3, 0.4) is 0 Å². The lowest BCUT2D eigenvalue weighted by Gasteiger charge is -2.19. The largest absolute Gasteiger partial charge is 0.323 e. The summed E-state index contributed by atoms with van der Waals surface area (Å²) in [6, 6.07) is 8.66. The Labute approximate surface area is 121 Å². The first-order chi connectivity index (χ1) is 9.40. The fraction of sp³-hybridized carbons (Fsp3) is 0.500. The second kappa shape index (κ2) is 5.75. The van der Waals surface area contributed by atoms with Crippen LogP contribution < -0.4 is 5.73 Å². The Hall–Kier alpha value is -1.68. The molecule has 1 aromatic carbocycles. The predicted octanol–water partition coefficient (Wildman–Crippen LogP) is 3.03. The number of hydrogen-bond donors (Lipinski definition) is 1. The van der Waals surface area contributed by atoms with Crippen molar-refractivity contribution in [3.8, 4) is 0 Å². The van der Waals surface area contributed by atoms with E-state index in [1.165, 1.54) is 11.1 Å². The molecule has 4 nitrogen and oxygen atoms in total. The van der Waals surface area contributed by atoms with Crippen LogP contribution in [0.25, 0.3) is 0 Å². The molecular formula is C16H24N4. The third-order valence-corrected chi connectivity index (χ3v) is 3.54. The van der Waals surface area contributed by atoms with Crippen molar-refractivity contribution in [2.75, 3.05) is 0 Å². The van der Waals surface area contributed by atoms with Gasteiger partial charge in [0.15, 0.2) is 0 Å². The number of aromatic nitrogens is 3. The topological polar surface area (TPSA) is 56.7 Å². The van der Waals surface area contributed by atoms with Gasteiger partial charge in [-0.05, 0) is 23.0 Å². The first-order valence-electron chi connectivity index (χ1n) is 7.15. The minimum atomic E-state index is -0.0213. The van der Waals surface area contributed by atoms with Crippen LogP contribution in [0.15, 0.2) is 30.5 Å². The van der Waals surface area contributed by atoms with Gasteiger partial charge in [0, 0.05) is 0 Å². The molecule has 0 saturated carbocycles. The van der Waals surface area contributed by atoms with Gasteiger partial charge in [-0.3, -0.25) is 0 Å². The average Bonchev–Trinajstić information content (AvgIpc) is 2.86. The molecule has 0 aliphatic carbocycles. The number of rotatable bonds is 4. The van der Waals surface area contributed by atoms with Crippen molar-refractivity contribution in [3.63, 3.8) is 0 Å². The monoisotopic (exact) mass is 272 g/mol. The molecule has 0 aliphatic rings. The summed E-state index contributed by atoms with van der Waals surface area (Å²) in [6.45, 7) is 9.44. The van der Waals surface area contributed by atoms with Crippen molar-refractivity contribution in [2.45, 2.75) is 52.1 Å². The maximum atomic E-state index is 5.95. The van der Waals surface area contributed by atoms with Crippen molar-refractivity contribution in [2.24, 2.45) is 5.73 Å². The highest BCUT2D eigenvalue weighted by Gasteiger charge is 2.13. The fourth-order valence-corrected chi connectivity index (χ4v) is 2.07. The zero-order chi connectivity index (χ0) is 14.8. The van der Waals surface area contributed by atoms with Crippen LogP contribution in [0, 0.1) is 0 Å². The van der Waals surface area contributed by atoms with Crippen molar-refractivity contribution in [3.05, 3.63) is 47.3 Å². The van der Waals surface area contributed by atoms with E-state index >= 15 is 0 Å². The van der Waals surface area contributed by atoms with Crippen molar-refractivity contribution >= 4 is 0 Å². The van der Waals surface area contributed by atoms with Crippen LogP contribution in [0.1, 0.15) is 57.0 Å². The van der Waals surface area contributed by atoms with E-state index in [1.54, 1.807) is 0 Å². The minimum absolute atomic E-state index is 0.0213. The molecule has 2 rings (SSSR count). The number of benzene rings is 1. The van der Waals surface area contributed by atoms with Crippen LogP contribution in [0.2, 0.25) is 0 Å². The predicted molar refractivity (Wildman–Crippen MR) is 81.5 cm³/mol. The van der Waals surface area contributed by atoms with E-state index in [4.69, 9.17) is 5.73 Å². The molecule has 2 N–H and O–H groups in total. The molecule has 0 spiro atoms. The fourth-order valence-electron chi connectivity index (χ4n) is 2.07. The molecule has 0 radical (unpaired) electrons. The van der Waals surface area contributed by atoms with Gasteiger partial charge >= 0.3 is 0 Å². The summed E-state index contributed by atoms with van der Waals surface area (Å²) < 4.78 is 1.84. The molecule has 0 aliphatic heterocycles. The lowest BCUT2D eigenvalue weighted by Crippen LogP contribution is -2.11. The van der Waals surface area contributed by atoms with Gasteiger partial charge in [-0.2, -0.15) is 0 Å². The maximum Gasteiger partial charge on any atom is 0.0994 e. The van der Waals surface area contributed by atoms with Gasteiger partial charge in [-0.1, -0.05) is 57.2 Å². The third-order valence-electron chi connectivity index (χ3n) is 3.54. The summed E-state index contributed by atoms with van der Waals surface area (Å²) >= 11 is 0. The van der Waals surface area contributed by atoms with E-state index < -0.39 is 0 Å². The summed E-state index contributed by atoms with van der Waals surface area (Å²) in [5.41, 5.74) is 9.56. The van der Waals surface area contributed by atoms with Gasteiger partial charge in [0.2, 0.25) is 0 Å². The lowest BCUT2D eigenvalue weighted by molar-refractivity contribution is 0.589. The van der Waals surface area contributed by atoms with E-state index in [9.17, 15) is 0 Å². The molecule has 1 unspecified atom stereocenters. The van der Waals surface area contributed by atoms with E-state index in [2.05, 4.69) is 62.3 Å². The smallest absolute Gasteiger partial charge is 0.0994 e. The zero-order valence-electron chi connectivity index (χ0n) is 12.8. The maximum absolute atomic E-state index is 5.95. The second-order valence-electron chi connectivity index (χ2n) is 6.30. The number of hydrogen-bond acceptors (Lipinski definition) is 3. The SMILES string of the molecule is CCC(N)c1cn(Cc2ccc(C(C)(C)C)cc2)nn1. The molecule has 0 amide bonds. The normalized spacial score (nSPS) is 13.4. The van der Waals surface area contributed by atoms with Crippen molar-refractivity contribution in [1.82, 2.24) is 15.0 Å². The van der Waals surface area contributed by atoms with Crippen LogP contribution >= 0.6 is 0 Å². The van der Waals surface area contributed by atoms with Crippen LogP contribution in [-0.2, 0) is 12.0 Å². The summed E-state index contributed by atoms with van der Waals surface area (Å²) in [7, 11) is 0. The molecule has 0 bridgehead atoms. The van der Waals surface area contributed by atoms with Crippen molar-refractivity contribution in [1.29, 1.82) is 0 Å². The van der Waals surface area contributed by atoms with Crippen LogP contribution in [0.5, 0.6) is 0 Å². The number of nitrogens with two attached hydrogens (primary N) is 1. The summed E-state index contributed by atoms with van der Waals surface area (Å²) in [5.74, 6) is 0. The Bertz CT molecular complexity index is 549. The van der Waals surface area contributed by atoms with Gasteiger partial charge in [0.05, 0.1) is 24.5 Å². The molecule has 2 aromatic rings. The number of nitrogens with zero attached hydrogens (tertiary/aromatic N) is 3. The Morgan fingerprint density at radius 1 is 1.20 bits per heavy atom. The third kappa shape index (κ3) is 3.45. The van der Waals surface area contributed by atoms with Gasteiger partial charge in [0.1, 0.15) is 0 Å². The molecule has 0 fully saturated rings. The summed E-state index contributed by atoms with van der Waals surface area (Å²) in [4.78, 5) is 0. The molecule has 4 heteroatoms. The minimum Gasteiger partial charge on any atom is -0.323 e. The molecule has 1 heterocycles. The molecule has 0 saturated heterocycles. The van der Waals surface area contributed by atoms with E-state index in [-0.39, 0.29) is 11.5 Å².